The first-order valence-electron chi connectivity index (χ1n) is 7.49. The third kappa shape index (κ3) is 4.48. The molecule has 2 N–H and O–H groups in total. The van der Waals surface area contributed by atoms with Crippen molar-refractivity contribution in [3.05, 3.63) is 64.7 Å². The van der Waals surface area contributed by atoms with Gasteiger partial charge in [-0.3, -0.25) is 0 Å². The van der Waals surface area contributed by atoms with Gasteiger partial charge < -0.3 is 10.6 Å². The summed E-state index contributed by atoms with van der Waals surface area (Å²) in [5, 5.41) is 7.84. The molecule has 0 heterocycles. The van der Waals surface area contributed by atoms with Gasteiger partial charge in [0, 0.05) is 29.8 Å². The predicted molar refractivity (Wildman–Crippen MR) is 92.2 cm³/mol. The summed E-state index contributed by atoms with van der Waals surface area (Å²) < 4.78 is 0. The molecule has 0 saturated carbocycles. The van der Waals surface area contributed by atoms with Gasteiger partial charge in [-0.2, -0.15) is 0 Å². The third-order valence-electron chi connectivity index (χ3n) is 3.71. The summed E-state index contributed by atoms with van der Waals surface area (Å²) >= 11 is 6.12. The maximum absolute atomic E-state index is 6.12. The summed E-state index contributed by atoms with van der Waals surface area (Å²) in [6.07, 6.45) is 1.08. The molecule has 2 aromatic rings. The van der Waals surface area contributed by atoms with Gasteiger partial charge in [0.15, 0.2) is 0 Å². The van der Waals surface area contributed by atoms with Crippen LogP contribution in [0.2, 0.25) is 5.02 Å². The molecular formula is C18H23ClN2. The van der Waals surface area contributed by atoms with Crippen LogP contribution in [0.4, 0.5) is 5.69 Å². The second kappa shape index (κ2) is 8.06. The van der Waals surface area contributed by atoms with Crippen molar-refractivity contribution >= 4 is 17.3 Å². The molecule has 1 unspecified atom stereocenters. The maximum atomic E-state index is 6.12. The van der Waals surface area contributed by atoms with Crippen LogP contribution in [-0.2, 0) is 0 Å². The molecule has 0 amide bonds. The highest BCUT2D eigenvalue weighted by atomic mass is 35.5. The highest BCUT2D eigenvalue weighted by Crippen LogP contribution is 2.22. The zero-order valence-electron chi connectivity index (χ0n) is 12.7. The second-order valence-electron chi connectivity index (χ2n) is 5.16. The molecule has 0 spiro atoms. The van der Waals surface area contributed by atoms with Gasteiger partial charge in [0.1, 0.15) is 0 Å². The number of anilines is 1. The summed E-state index contributed by atoms with van der Waals surface area (Å²) in [6.45, 7) is 6.04. The fraction of sp³-hybridized carbons (Fsp3) is 0.333. The Bertz CT molecular complexity index is 554. The van der Waals surface area contributed by atoms with Crippen LogP contribution in [0.25, 0.3) is 0 Å². The Labute approximate surface area is 132 Å². The molecule has 0 aliphatic rings. The third-order valence-corrected chi connectivity index (χ3v) is 4.12. The maximum Gasteiger partial charge on any atom is 0.0455 e. The number of rotatable bonds is 7. The van der Waals surface area contributed by atoms with Crippen molar-refractivity contribution in [1.82, 2.24) is 5.32 Å². The van der Waals surface area contributed by atoms with Crippen molar-refractivity contribution in [2.24, 2.45) is 0 Å². The number of hydrogen-bond acceptors (Lipinski definition) is 2. The van der Waals surface area contributed by atoms with E-state index in [1.54, 1.807) is 0 Å². The molecule has 112 valence electrons. The van der Waals surface area contributed by atoms with E-state index in [0.29, 0.717) is 6.04 Å². The van der Waals surface area contributed by atoms with Gasteiger partial charge in [0.25, 0.3) is 0 Å². The first kappa shape index (κ1) is 15.9. The molecule has 0 aliphatic carbocycles. The SMILES string of the molecule is CCC(NCCNc1cccc(Cl)c1C)c1ccccc1. The predicted octanol–water partition coefficient (Wildman–Crippen LogP) is 4.80. The number of nitrogens with one attached hydrogen (secondary N) is 2. The normalized spacial score (nSPS) is 12.1. The molecule has 2 nitrogen and oxygen atoms in total. The van der Waals surface area contributed by atoms with Crippen LogP contribution in [0.15, 0.2) is 48.5 Å². The molecule has 0 bridgehead atoms. The zero-order valence-corrected chi connectivity index (χ0v) is 13.5. The number of hydrogen-bond donors (Lipinski definition) is 2. The summed E-state index contributed by atoms with van der Waals surface area (Å²) in [5.74, 6) is 0. The lowest BCUT2D eigenvalue weighted by molar-refractivity contribution is 0.531. The minimum atomic E-state index is 0.411. The standard InChI is InChI=1S/C18H23ClN2/c1-3-17(15-8-5-4-6-9-15)20-12-13-21-18-11-7-10-16(19)14(18)2/h4-11,17,20-21H,3,12-13H2,1-2H3. The van der Waals surface area contributed by atoms with E-state index in [4.69, 9.17) is 11.6 Å². The minimum absolute atomic E-state index is 0.411. The molecule has 2 aromatic carbocycles. The molecule has 3 heteroatoms. The van der Waals surface area contributed by atoms with Crippen LogP contribution in [0.1, 0.15) is 30.5 Å². The van der Waals surface area contributed by atoms with Crippen molar-refractivity contribution < 1.29 is 0 Å². The van der Waals surface area contributed by atoms with E-state index in [-0.39, 0.29) is 0 Å². The van der Waals surface area contributed by atoms with Crippen molar-refractivity contribution in [2.75, 3.05) is 18.4 Å². The smallest absolute Gasteiger partial charge is 0.0455 e. The number of benzene rings is 2. The Hall–Kier alpha value is -1.51. The molecule has 0 aliphatic heterocycles. The van der Waals surface area contributed by atoms with Crippen LogP contribution in [-0.4, -0.2) is 13.1 Å². The Morgan fingerprint density at radius 2 is 1.76 bits per heavy atom. The topological polar surface area (TPSA) is 24.1 Å². The lowest BCUT2D eigenvalue weighted by Crippen LogP contribution is -2.26. The van der Waals surface area contributed by atoms with Gasteiger partial charge in [-0.05, 0) is 36.6 Å². The van der Waals surface area contributed by atoms with Gasteiger partial charge in [-0.1, -0.05) is 54.9 Å². The fourth-order valence-electron chi connectivity index (χ4n) is 2.43. The fourth-order valence-corrected chi connectivity index (χ4v) is 2.60. The summed E-state index contributed by atoms with van der Waals surface area (Å²) in [7, 11) is 0. The van der Waals surface area contributed by atoms with E-state index < -0.39 is 0 Å². The van der Waals surface area contributed by atoms with Crippen molar-refractivity contribution in [3.8, 4) is 0 Å². The monoisotopic (exact) mass is 302 g/mol. The second-order valence-corrected chi connectivity index (χ2v) is 5.57. The Kier molecular flexibility index (Phi) is 6.09. The average molecular weight is 303 g/mol. The molecule has 2 rings (SSSR count). The summed E-state index contributed by atoms with van der Waals surface area (Å²) in [5.41, 5.74) is 3.56. The Morgan fingerprint density at radius 1 is 1.00 bits per heavy atom. The highest BCUT2D eigenvalue weighted by Gasteiger charge is 2.07. The van der Waals surface area contributed by atoms with E-state index >= 15 is 0 Å². The van der Waals surface area contributed by atoms with Crippen LogP contribution in [0.3, 0.4) is 0 Å². The summed E-state index contributed by atoms with van der Waals surface area (Å²) in [4.78, 5) is 0. The van der Waals surface area contributed by atoms with Gasteiger partial charge >= 0.3 is 0 Å². The molecule has 21 heavy (non-hydrogen) atoms. The first-order chi connectivity index (χ1) is 10.2. The van der Waals surface area contributed by atoms with E-state index in [2.05, 4.69) is 54.0 Å². The summed E-state index contributed by atoms with van der Waals surface area (Å²) in [6, 6.07) is 17.0. The van der Waals surface area contributed by atoms with Crippen molar-refractivity contribution in [3.63, 3.8) is 0 Å². The average Bonchev–Trinajstić information content (AvgIpc) is 2.52. The van der Waals surface area contributed by atoms with E-state index in [9.17, 15) is 0 Å². The largest absolute Gasteiger partial charge is 0.384 e. The van der Waals surface area contributed by atoms with Gasteiger partial charge in [-0.25, -0.2) is 0 Å². The first-order valence-corrected chi connectivity index (χ1v) is 7.87. The van der Waals surface area contributed by atoms with Crippen LogP contribution in [0.5, 0.6) is 0 Å². The minimum Gasteiger partial charge on any atom is -0.384 e. The van der Waals surface area contributed by atoms with Crippen molar-refractivity contribution in [2.45, 2.75) is 26.3 Å². The van der Waals surface area contributed by atoms with E-state index in [1.807, 2.05) is 19.1 Å². The molecule has 0 fully saturated rings. The zero-order chi connectivity index (χ0) is 15.1. The number of halogens is 1. The highest BCUT2D eigenvalue weighted by molar-refractivity contribution is 6.31. The molecular weight excluding hydrogens is 280 g/mol. The lowest BCUT2D eigenvalue weighted by atomic mass is 10.0. The Balaban J connectivity index is 1.82. The Morgan fingerprint density at radius 3 is 2.48 bits per heavy atom. The van der Waals surface area contributed by atoms with Gasteiger partial charge in [-0.15, -0.1) is 0 Å². The van der Waals surface area contributed by atoms with Crippen LogP contribution in [0, 0.1) is 6.92 Å². The van der Waals surface area contributed by atoms with Crippen molar-refractivity contribution in [1.29, 1.82) is 0 Å². The molecule has 0 radical (unpaired) electrons. The van der Waals surface area contributed by atoms with Crippen LogP contribution < -0.4 is 10.6 Å². The molecule has 1 atom stereocenters. The van der Waals surface area contributed by atoms with Crippen LogP contribution >= 0.6 is 11.6 Å². The lowest BCUT2D eigenvalue weighted by Gasteiger charge is -2.18. The quantitative estimate of drug-likeness (QED) is 0.718. The van der Waals surface area contributed by atoms with Gasteiger partial charge in [0.05, 0.1) is 0 Å². The van der Waals surface area contributed by atoms with E-state index in [1.165, 1.54) is 5.56 Å². The van der Waals surface area contributed by atoms with E-state index in [0.717, 1.165) is 35.8 Å². The van der Waals surface area contributed by atoms with Gasteiger partial charge in [0.2, 0.25) is 0 Å². The molecule has 0 aromatic heterocycles. The molecule has 0 saturated heterocycles.